The molecule has 35 heavy (non-hydrogen) atoms. The molecule has 5 rings (SSSR count). The lowest BCUT2D eigenvalue weighted by atomic mass is 10.3. The smallest absolute Gasteiger partial charge is 0.246 e. The lowest BCUT2D eigenvalue weighted by Gasteiger charge is -2.25. The van der Waals surface area contributed by atoms with Crippen molar-refractivity contribution >= 4 is 40.0 Å². The maximum atomic E-state index is 11.5. The summed E-state index contributed by atoms with van der Waals surface area (Å²) in [4.78, 5) is 26.4. The first-order valence-electron chi connectivity index (χ1n) is 11.1. The molecule has 1 amide bonds. The Bertz CT molecular complexity index is 1320. The van der Waals surface area contributed by atoms with Crippen LogP contribution in [-0.2, 0) is 11.4 Å². The summed E-state index contributed by atoms with van der Waals surface area (Å²) in [5, 5.41) is 14.2. The number of hydrogen-bond acceptors (Lipinski definition) is 9. The van der Waals surface area contributed by atoms with Crippen LogP contribution in [0.2, 0.25) is 5.02 Å². The maximum Gasteiger partial charge on any atom is 0.246 e. The third-order valence-electron chi connectivity index (χ3n) is 5.38. The van der Waals surface area contributed by atoms with E-state index in [9.17, 15) is 4.79 Å². The van der Waals surface area contributed by atoms with Crippen molar-refractivity contribution in [2.24, 2.45) is 0 Å². The van der Waals surface area contributed by atoms with Crippen molar-refractivity contribution in [1.29, 1.82) is 0 Å². The number of piperazine rings is 1. The van der Waals surface area contributed by atoms with E-state index < -0.39 is 0 Å². The highest BCUT2D eigenvalue weighted by molar-refractivity contribution is 6.32. The quantitative estimate of drug-likeness (QED) is 0.321. The Labute approximate surface area is 205 Å². The number of pyridine rings is 1. The molecule has 11 nitrogen and oxygen atoms in total. The fourth-order valence-corrected chi connectivity index (χ4v) is 3.89. The summed E-state index contributed by atoms with van der Waals surface area (Å²) in [5.41, 5.74) is 2.06. The van der Waals surface area contributed by atoms with E-state index in [2.05, 4.69) is 35.8 Å². The number of nitrogens with one attached hydrogen (secondary N) is 3. The van der Waals surface area contributed by atoms with Crippen LogP contribution in [0.5, 0.6) is 11.6 Å². The monoisotopic (exact) mass is 494 g/mol. The zero-order valence-corrected chi connectivity index (χ0v) is 19.5. The molecule has 0 radical (unpaired) electrons. The fourth-order valence-electron chi connectivity index (χ4n) is 3.65. The van der Waals surface area contributed by atoms with Crippen molar-refractivity contribution in [2.75, 3.05) is 38.1 Å². The van der Waals surface area contributed by atoms with Gasteiger partial charge in [0.1, 0.15) is 36.5 Å². The lowest BCUT2D eigenvalue weighted by Crippen LogP contribution is -2.48. The van der Waals surface area contributed by atoms with E-state index in [0.717, 1.165) is 12.2 Å². The molecule has 0 saturated carbocycles. The minimum absolute atomic E-state index is 0.0215. The molecule has 4 heterocycles. The first kappa shape index (κ1) is 22.8. The van der Waals surface area contributed by atoms with E-state index in [1.54, 1.807) is 18.3 Å². The number of aromatic nitrogens is 5. The maximum absolute atomic E-state index is 11.5. The van der Waals surface area contributed by atoms with E-state index in [1.165, 1.54) is 6.33 Å². The highest BCUT2D eigenvalue weighted by atomic mass is 35.5. The summed E-state index contributed by atoms with van der Waals surface area (Å²) in [7, 11) is 0. The number of H-pyrrole nitrogens is 1. The summed E-state index contributed by atoms with van der Waals surface area (Å²) in [6, 6.07) is 11.0. The third kappa shape index (κ3) is 5.58. The predicted molar refractivity (Wildman–Crippen MR) is 130 cm³/mol. The molecule has 1 aliphatic rings. The van der Waals surface area contributed by atoms with E-state index in [4.69, 9.17) is 21.1 Å². The van der Waals surface area contributed by atoms with Gasteiger partial charge in [0.25, 0.3) is 0 Å². The number of amides is 1. The molecule has 1 saturated heterocycles. The molecule has 3 N–H and O–H groups in total. The molecule has 1 aliphatic heterocycles. The molecule has 4 aromatic rings. The van der Waals surface area contributed by atoms with Gasteiger partial charge in [-0.05, 0) is 30.3 Å². The van der Waals surface area contributed by atoms with Crippen LogP contribution in [0.1, 0.15) is 5.69 Å². The molecule has 0 unspecified atom stereocenters. The van der Waals surface area contributed by atoms with Crippen LogP contribution in [0.15, 0.2) is 48.9 Å². The van der Waals surface area contributed by atoms with Gasteiger partial charge in [0, 0.05) is 31.5 Å². The zero-order valence-electron chi connectivity index (χ0n) is 18.7. The van der Waals surface area contributed by atoms with Crippen LogP contribution in [0, 0.1) is 0 Å². The molecule has 3 aromatic heterocycles. The van der Waals surface area contributed by atoms with E-state index in [1.807, 2.05) is 29.2 Å². The SMILES string of the molecule is O=C1CN(CCOc2n[nH]c3ncnc(Nc4ccc(OCc5ccccn5)c(Cl)c4)c23)CCN1. The lowest BCUT2D eigenvalue weighted by molar-refractivity contribution is -0.124. The van der Waals surface area contributed by atoms with Gasteiger partial charge in [0.05, 0.1) is 17.3 Å². The van der Waals surface area contributed by atoms with Gasteiger partial charge < -0.3 is 20.1 Å². The van der Waals surface area contributed by atoms with E-state index >= 15 is 0 Å². The minimum Gasteiger partial charge on any atom is -0.486 e. The Hall–Kier alpha value is -3.96. The Morgan fingerprint density at radius 3 is 2.91 bits per heavy atom. The van der Waals surface area contributed by atoms with Crippen molar-refractivity contribution in [3.63, 3.8) is 0 Å². The van der Waals surface area contributed by atoms with E-state index in [0.29, 0.717) is 72.0 Å². The molecule has 12 heteroatoms. The molecular weight excluding hydrogens is 472 g/mol. The van der Waals surface area contributed by atoms with Crippen molar-refractivity contribution in [1.82, 2.24) is 35.4 Å². The Kier molecular flexibility index (Phi) is 6.87. The molecule has 0 bridgehead atoms. The standard InChI is InChI=1S/C23H23ClN8O3/c24-17-11-15(4-5-18(17)35-13-16-3-1-2-6-25-16)29-21-20-22(28-14-27-21)30-31-23(20)34-10-9-32-8-7-26-19(33)12-32/h1-6,11,14H,7-10,12-13H2,(H,26,33)(H2,27,28,29,30,31). The number of carbonyl (C=O) groups excluding carboxylic acids is 1. The van der Waals surface area contributed by atoms with Crippen LogP contribution < -0.4 is 20.1 Å². The van der Waals surface area contributed by atoms with Gasteiger partial charge in [0.2, 0.25) is 11.8 Å². The second kappa shape index (κ2) is 10.5. The Balaban J connectivity index is 1.26. The van der Waals surface area contributed by atoms with Gasteiger partial charge in [-0.1, -0.05) is 17.7 Å². The number of benzene rings is 1. The van der Waals surface area contributed by atoms with Gasteiger partial charge in [0.15, 0.2) is 5.65 Å². The summed E-state index contributed by atoms with van der Waals surface area (Å²) in [5.74, 6) is 1.47. The van der Waals surface area contributed by atoms with Crippen LogP contribution >= 0.6 is 11.6 Å². The van der Waals surface area contributed by atoms with Crippen molar-refractivity contribution in [3.8, 4) is 11.6 Å². The molecule has 0 spiro atoms. The average molecular weight is 495 g/mol. The van der Waals surface area contributed by atoms with Crippen molar-refractivity contribution in [3.05, 3.63) is 59.6 Å². The molecule has 180 valence electrons. The number of halogens is 1. The van der Waals surface area contributed by atoms with Gasteiger partial charge >= 0.3 is 0 Å². The van der Waals surface area contributed by atoms with Gasteiger partial charge in [-0.2, -0.15) is 0 Å². The number of anilines is 2. The summed E-state index contributed by atoms with van der Waals surface area (Å²) < 4.78 is 11.7. The first-order valence-corrected chi connectivity index (χ1v) is 11.4. The van der Waals surface area contributed by atoms with Crippen LogP contribution in [0.25, 0.3) is 11.0 Å². The number of hydrogen-bond donors (Lipinski definition) is 3. The van der Waals surface area contributed by atoms with Crippen LogP contribution in [0.4, 0.5) is 11.5 Å². The summed E-state index contributed by atoms with van der Waals surface area (Å²) >= 11 is 6.45. The van der Waals surface area contributed by atoms with Crippen molar-refractivity contribution < 1.29 is 14.3 Å². The van der Waals surface area contributed by atoms with Crippen molar-refractivity contribution in [2.45, 2.75) is 6.61 Å². The zero-order chi connectivity index (χ0) is 24.0. The topological polar surface area (TPSA) is 130 Å². The molecule has 0 atom stereocenters. The van der Waals surface area contributed by atoms with Crippen LogP contribution in [0.3, 0.4) is 0 Å². The Morgan fingerprint density at radius 1 is 1.14 bits per heavy atom. The number of fused-ring (bicyclic) bond motifs is 1. The summed E-state index contributed by atoms with van der Waals surface area (Å²) in [6.07, 6.45) is 3.15. The Morgan fingerprint density at radius 2 is 2.09 bits per heavy atom. The molecular formula is C23H23ClN8O3. The van der Waals surface area contributed by atoms with Gasteiger partial charge in [-0.25, -0.2) is 9.97 Å². The van der Waals surface area contributed by atoms with E-state index in [-0.39, 0.29) is 5.91 Å². The number of nitrogens with zero attached hydrogens (tertiary/aromatic N) is 5. The first-order chi connectivity index (χ1) is 17.2. The van der Waals surface area contributed by atoms with Crippen LogP contribution in [-0.4, -0.2) is 68.7 Å². The normalized spacial score (nSPS) is 14.0. The highest BCUT2D eigenvalue weighted by Crippen LogP contribution is 2.33. The van der Waals surface area contributed by atoms with Gasteiger partial charge in [-0.15, -0.1) is 5.10 Å². The second-order valence-electron chi connectivity index (χ2n) is 7.83. The molecule has 1 aromatic carbocycles. The van der Waals surface area contributed by atoms with Gasteiger partial charge in [-0.3, -0.25) is 19.8 Å². The third-order valence-corrected chi connectivity index (χ3v) is 5.68. The number of rotatable bonds is 9. The average Bonchev–Trinajstić information content (AvgIpc) is 3.28. The molecule has 1 fully saturated rings. The summed E-state index contributed by atoms with van der Waals surface area (Å²) in [6.45, 7) is 3.08. The second-order valence-corrected chi connectivity index (χ2v) is 8.24. The minimum atomic E-state index is 0.0215. The predicted octanol–water partition coefficient (Wildman–Crippen LogP) is 2.53. The highest BCUT2D eigenvalue weighted by Gasteiger charge is 2.18. The largest absolute Gasteiger partial charge is 0.486 e. The fraction of sp³-hybridized carbons (Fsp3) is 0.261. The number of carbonyl (C=O) groups is 1. The number of aromatic amines is 1. The molecule has 0 aliphatic carbocycles. The number of ether oxygens (including phenoxy) is 2.